The first kappa shape index (κ1) is 29.5. The number of halogens is 10. The van der Waals surface area contributed by atoms with E-state index in [1.807, 2.05) is 5.32 Å². The zero-order valence-electron chi connectivity index (χ0n) is 17.1. The van der Waals surface area contributed by atoms with Gasteiger partial charge in [-0.1, -0.05) is 76.8 Å². The lowest BCUT2D eigenvalue weighted by Gasteiger charge is -2.18. The number of hydrogen-bond donors (Lipinski definition) is 2. The summed E-state index contributed by atoms with van der Waals surface area (Å²) in [5, 5.41) is 3.82. The minimum atomic E-state index is -4.68. The van der Waals surface area contributed by atoms with E-state index in [0.717, 1.165) is 24.3 Å². The van der Waals surface area contributed by atoms with E-state index < -0.39 is 30.7 Å². The molecule has 14 heteroatoms. The van der Waals surface area contributed by atoms with Gasteiger partial charge in [-0.05, 0) is 35.4 Å². The van der Waals surface area contributed by atoms with Crippen LogP contribution in [0.25, 0.3) is 6.08 Å². The minimum absolute atomic E-state index is 0.0499. The molecule has 0 radical (unpaired) electrons. The van der Waals surface area contributed by atoms with Crippen molar-refractivity contribution in [2.24, 2.45) is 0 Å². The lowest BCUT2D eigenvalue weighted by Crippen LogP contribution is -2.39. The van der Waals surface area contributed by atoms with Crippen LogP contribution in [0.2, 0.25) is 20.1 Å². The van der Waals surface area contributed by atoms with Crippen molar-refractivity contribution in [2.75, 3.05) is 13.1 Å². The van der Waals surface area contributed by atoms with Crippen LogP contribution < -0.4 is 10.6 Å². The number of nitrogens with one attached hydrogen (secondary N) is 2. The molecule has 0 saturated carbocycles. The van der Waals surface area contributed by atoms with Gasteiger partial charge in [0, 0.05) is 0 Å². The quantitative estimate of drug-likeness (QED) is 0.194. The number of alkyl halides is 6. The summed E-state index contributed by atoms with van der Waals surface area (Å²) in [6.45, 7) is -1.72. The van der Waals surface area contributed by atoms with Gasteiger partial charge in [0.05, 0.1) is 43.1 Å². The van der Waals surface area contributed by atoms with E-state index in [1.165, 1.54) is 18.2 Å². The summed E-state index contributed by atoms with van der Waals surface area (Å²) in [6.07, 6.45) is -7.14. The molecular formula is C21H14Cl4F6N2OS. The van der Waals surface area contributed by atoms with Gasteiger partial charge in [-0.3, -0.25) is 4.79 Å². The molecule has 1 unspecified atom stereocenters. The molecule has 0 bridgehead atoms. The first-order valence-electron chi connectivity index (χ1n) is 9.39. The molecule has 0 aromatic heterocycles. The molecule has 2 rings (SSSR count). The summed E-state index contributed by atoms with van der Waals surface area (Å²) in [7, 11) is 0. The Hall–Kier alpha value is -1.72. The third kappa shape index (κ3) is 9.02. The van der Waals surface area contributed by atoms with Crippen molar-refractivity contribution in [2.45, 2.75) is 18.3 Å². The zero-order valence-corrected chi connectivity index (χ0v) is 21.0. The third-order valence-corrected chi connectivity index (χ3v) is 6.13. The van der Waals surface area contributed by atoms with Crippen LogP contribution in [0.3, 0.4) is 0 Å². The molecule has 0 saturated heterocycles. The summed E-state index contributed by atoms with van der Waals surface area (Å²) < 4.78 is 77.5. The van der Waals surface area contributed by atoms with Crippen LogP contribution in [-0.2, 0) is 0 Å². The smallest absolute Gasteiger partial charge is 0.369 e. The Bertz CT molecular complexity index is 1110. The van der Waals surface area contributed by atoms with Crippen molar-refractivity contribution < 1.29 is 31.1 Å². The number of benzene rings is 2. The summed E-state index contributed by atoms with van der Waals surface area (Å²) in [5.41, 5.74) is -0.0363. The summed E-state index contributed by atoms with van der Waals surface area (Å²) in [6, 6.07) is 5.97. The van der Waals surface area contributed by atoms with Gasteiger partial charge in [0.15, 0.2) is 0 Å². The second kappa shape index (κ2) is 12.0. The largest absolute Gasteiger partial charge is 0.405 e. The molecule has 2 aromatic rings. The highest BCUT2D eigenvalue weighted by molar-refractivity contribution is 7.80. The Morgan fingerprint density at radius 1 is 0.943 bits per heavy atom. The van der Waals surface area contributed by atoms with Crippen molar-refractivity contribution in [3.8, 4) is 0 Å². The summed E-state index contributed by atoms with van der Waals surface area (Å²) in [4.78, 5) is 12.0. The third-order valence-electron chi connectivity index (χ3n) is 4.33. The number of hydrogen-bond acceptors (Lipinski definition) is 2. The van der Waals surface area contributed by atoms with E-state index in [9.17, 15) is 31.1 Å². The second-order valence-corrected chi connectivity index (χ2v) is 9.08. The predicted octanol–water partition coefficient (Wildman–Crippen LogP) is 7.87. The van der Waals surface area contributed by atoms with Gasteiger partial charge in [-0.2, -0.15) is 26.3 Å². The molecule has 0 aliphatic rings. The lowest BCUT2D eigenvalue weighted by molar-refractivity contribution is -0.139. The predicted molar refractivity (Wildman–Crippen MR) is 130 cm³/mol. The van der Waals surface area contributed by atoms with Crippen molar-refractivity contribution in [1.29, 1.82) is 0 Å². The molecule has 35 heavy (non-hydrogen) atoms. The van der Waals surface area contributed by atoms with Crippen molar-refractivity contribution >= 4 is 75.6 Å². The number of rotatable bonds is 7. The fourth-order valence-electron chi connectivity index (χ4n) is 2.71. The van der Waals surface area contributed by atoms with E-state index in [-0.39, 0.29) is 48.3 Å². The van der Waals surface area contributed by atoms with Crippen LogP contribution in [0.4, 0.5) is 26.3 Å². The molecule has 2 N–H and O–H groups in total. The normalized spacial score (nSPS) is 13.1. The van der Waals surface area contributed by atoms with Crippen LogP contribution in [-0.4, -0.2) is 36.3 Å². The van der Waals surface area contributed by atoms with Gasteiger partial charge in [0.2, 0.25) is 0 Å². The lowest BCUT2D eigenvalue weighted by atomic mass is 9.97. The number of carbonyl (C=O) groups excluding carboxylic acids is 1. The van der Waals surface area contributed by atoms with Crippen LogP contribution in [0, 0.1) is 0 Å². The van der Waals surface area contributed by atoms with Crippen LogP contribution in [0.5, 0.6) is 0 Å². The highest BCUT2D eigenvalue weighted by Crippen LogP contribution is 2.41. The van der Waals surface area contributed by atoms with Gasteiger partial charge < -0.3 is 10.6 Å². The molecule has 0 heterocycles. The van der Waals surface area contributed by atoms with Gasteiger partial charge in [0.1, 0.15) is 6.54 Å². The molecule has 1 atom stereocenters. The molecule has 0 spiro atoms. The van der Waals surface area contributed by atoms with E-state index >= 15 is 0 Å². The Balaban J connectivity index is 2.15. The first-order chi connectivity index (χ1) is 16.1. The standard InChI is InChI=1S/C21H14Cl4F6N2OS/c22-14-5-10(1-3-12(14)19(34)32-8-17(35)33-9-20(26,27)28)2-4-13(21(29,30)31)11-6-15(23)18(25)16(24)7-11/h1-7,13H,8-9H2,(H,32,34)(H,33,35). The fourth-order valence-corrected chi connectivity index (χ4v) is 3.74. The molecule has 0 aliphatic heterocycles. The topological polar surface area (TPSA) is 41.1 Å². The highest BCUT2D eigenvalue weighted by atomic mass is 35.5. The van der Waals surface area contributed by atoms with E-state index in [0.29, 0.717) is 0 Å². The number of allylic oxidation sites excluding steroid dienone is 1. The molecule has 2 aromatic carbocycles. The first-order valence-corrected chi connectivity index (χ1v) is 11.3. The van der Waals surface area contributed by atoms with Crippen molar-refractivity contribution in [3.05, 3.63) is 73.2 Å². The molecule has 3 nitrogen and oxygen atoms in total. The van der Waals surface area contributed by atoms with Gasteiger partial charge >= 0.3 is 12.4 Å². The average molecular weight is 598 g/mol. The van der Waals surface area contributed by atoms with Crippen LogP contribution >= 0.6 is 58.6 Å². The molecule has 190 valence electrons. The van der Waals surface area contributed by atoms with E-state index in [4.69, 9.17) is 58.6 Å². The Kier molecular flexibility index (Phi) is 10.1. The molecular weight excluding hydrogens is 584 g/mol. The maximum Gasteiger partial charge on any atom is 0.405 e. The van der Waals surface area contributed by atoms with Gasteiger partial charge in [0.25, 0.3) is 5.91 Å². The van der Waals surface area contributed by atoms with Crippen molar-refractivity contribution in [3.63, 3.8) is 0 Å². The minimum Gasteiger partial charge on any atom is -0.369 e. The second-order valence-electron chi connectivity index (χ2n) is 6.99. The zero-order chi connectivity index (χ0) is 26.6. The number of carbonyl (C=O) groups is 1. The van der Waals surface area contributed by atoms with Crippen LogP contribution in [0.15, 0.2) is 36.4 Å². The SMILES string of the molecule is O=C(NCC(=S)NCC(F)(F)F)c1ccc(C=CC(c2cc(Cl)c(Cl)c(Cl)c2)C(F)(F)F)cc1Cl. The Morgan fingerprint density at radius 3 is 2.06 bits per heavy atom. The Morgan fingerprint density at radius 2 is 1.54 bits per heavy atom. The monoisotopic (exact) mass is 596 g/mol. The average Bonchev–Trinajstić information content (AvgIpc) is 2.73. The van der Waals surface area contributed by atoms with Crippen molar-refractivity contribution in [1.82, 2.24) is 10.6 Å². The van der Waals surface area contributed by atoms with E-state index in [2.05, 4.69) is 5.32 Å². The maximum absolute atomic E-state index is 13.7. The van der Waals surface area contributed by atoms with Crippen LogP contribution in [0.1, 0.15) is 27.4 Å². The maximum atomic E-state index is 13.7. The van der Waals surface area contributed by atoms with Gasteiger partial charge in [-0.25, -0.2) is 0 Å². The van der Waals surface area contributed by atoms with Gasteiger partial charge in [-0.15, -0.1) is 0 Å². The summed E-state index contributed by atoms with van der Waals surface area (Å²) >= 11 is 28.3. The fraction of sp³-hybridized carbons (Fsp3) is 0.238. The van der Waals surface area contributed by atoms with E-state index in [1.54, 1.807) is 0 Å². The summed E-state index contributed by atoms with van der Waals surface area (Å²) in [5.74, 6) is -2.80. The molecule has 1 amide bonds. The highest BCUT2D eigenvalue weighted by Gasteiger charge is 2.39. The Labute approximate surface area is 221 Å². The number of amides is 1. The number of thiocarbonyl (C=S) groups is 1. The molecule has 0 aliphatic carbocycles. The molecule has 0 fully saturated rings.